The highest BCUT2D eigenvalue weighted by molar-refractivity contribution is 5.03. The van der Waals surface area contributed by atoms with E-state index in [1.807, 2.05) is 6.92 Å². The first kappa shape index (κ1) is 13.5. The number of nitrogens with one attached hydrogen (secondary N) is 1. The van der Waals surface area contributed by atoms with E-state index in [2.05, 4.69) is 29.3 Å². The quantitative estimate of drug-likeness (QED) is 0.844. The Balaban J connectivity index is 2.20. The molecule has 1 fully saturated rings. The number of hydrogen-bond acceptors (Lipinski definition) is 5. The van der Waals surface area contributed by atoms with Crippen LogP contribution in [0.1, 0.15) is 64.2 Å². The molecule has 5 heteroatoms. The van der Waals surface area contributed by atoms with Gasteiger partial charge in [0.05, 0.1) is 6.04 Å². The van der Waals surface area contributed by atoms with Crippen molar-refractivity contribution in [1.29, 1.82) is 0 Å². The number of ether oxygens (including phenoxy) is 1. The molecule has 0 bridgehead atoms. The van der Waals surface area contributed by atoms with Crippen molar-refractivity contribution in [2.75, 3.05) is 13.2 Å². The Hall–Kier alpha value is -0.940. The van der Waals surface area contributed by atoms with Gasteiger partial charge in [0.25, 0.3) is 0 Å². The fourth-order valence-corrected chi connectivity index (χ4v) is 2.57. The van der Waals surface area contributed by atoms with Gasteiger partial charge in [0.15, 0.2) is 0 Å². The molecular formula is C13H23N3O2. The topological polar surface area (TPSA) is 60.2 Å². The van der Waals surface area contributed by atoms with Crippen molar-refractivity contribution in [3.63, 3.8) is 0 Å². The molecule has 0 aliphatic carbocycles. The predicted molar refractivity (Wildman–Crippen MR) is 68.2 cm³/mol. The summed E-state index contributed by atoms with van der Waals surface area (Å²) in [7, 11) is 0. The molecule has 0 radical (unpaired) electrons. The second kappa shape index (κ2) is 5.80. The molecule has 18 heavy (non-hydrogen) atoms. The smallest absolute Gasteiger partial charge is 0.243 e. The summed E-state index contributed by atoms with van der Waals surface area (Å²) in [6.07, 6.45) is 3.95. The van der Waals surface area contributed by atoms with Crippen molar-refractivity contribution in [1.82, 2.24) is 15.5 Å². The van der Waals surface area contributed by atoms with Crippen LogP contribution in [0.25, 0.3) is 0 Å². The van der Waals surface area contributed by atoms with Gasteiger partial charge in [-0.2, -0.15) is 4.98 Å². The molecule has 1 aromatic rings. The Kier molecular flexibility index (Phi) is 4.35. The molecule has 5 nitrogen and oxygen atoms in total. The van der Waals surface area contributed by atoms with Gasteiger partial charge in [-0.05, 0) is 39.2 Å². The van der Waals surface area contributed by atoms with E-state index in [-0.39, 0.29) is 6.04 Å². The number of rotatable bonds is 6. The largest absolute Gasteiger partial charge is 0.367 e. The zero-order chi connectivity index (χ0) is 13.0. The van der Waals surface area contributed by atoms with Gasteiger partial charge in [0.2, 0.25) is 11.7 Å². The molecule has 0 unspecified atom stereocenters. The molecule has 0 aromatic carbocycles. The van der Waals surface area contributed by atoms with Crippen LogP contribution >= 0.6 is 0 Å². The highest BCUT2D eigenvalue weighted by atomic mass is 16.5. The van der Waals surface area contributed by atoms with Crippen molar-refractivity contribution in [2.24, 2.45) is 0 Å². The third-order valence-electron chi connectivity index (χ3n) is 3.77. The average molecular weight is 253 g/mol. The van der Waals surface area contributed by atoms with Crippen LogP contribution in [0.15, 0.2) is 4.52 Å². The van der Waals surface area contributed by atoms with Crippen LogP contribution in [-0.2, 0) is 10.3 Å². The molecule has 2 heterocycles. The highest BCUT2D eigenvalue weighted by Gasteiger charge is 2.35. The van der Waals surface area contributed by atoms with Crippen LogP contribution in [0.2, 0.25) is 0 Å². The molecule has 1 aromatic heterocycles. The summed E-state index contributed by atoms with van der Waals surface area (Å²) in [6, 6.07) is 0.222. The van der Waals surface area contributed by atoms with Crippen LogP contribution < -0.4 is 5.32 Å². The molecule has 0 spiro atoms. The molecule has 1 aliphatic rings. The fourth-order valence-electron chi connectivity index (χ4n) is 2.57. The first-order valence-corrected chi connectivity index (χ1v) is 6.97. The van der Waals surface area contributed by atoms with Crippen molar-refractivity contribution < 1.29 is 9.26 Å². The summed E-state index contributed by atoms with van der Waals surface area (Å²) in [5.41, 5.74) is -0.394. The van der Waals surface area contributed by atoms with E-state index >= 15 is 0 Å². The van der Waals surface area contributed by atoms with Crippen LogP contribution in [0.5, 0.6) is 0 Å². The number of nitrogens with zero attached hydrogens (tertiary/aromatic N) is 2. The SMILES string of the molecule is CCOC(CC)(CC)c1noc([C@H]2CCCN2)n1. The normalized spacial score (nSPS) is 20.5. The standard InChI is InChI=1S/C13H23N3O2/c1-4-13(5-2,17-6-3)12-15-11(18-16-12)10-8-7-9-14-10/h10,14H,4-9H2,1-3H3/t10-/m1/s1. The summed E-state index contributed by atoms with van der Waals surface area (Å²) < 4.78 is 11.3. The van der Waals surface area contributed by atoms with E-state index in [9.17, 15) is 0 Å². The average Bonchev–Trinajstić information content (AvgIpc) is 3.05. The molecule has 0 saturated carbocycles. The van der Waals surface area contributed by atoms with Gasteiger partial charge < -0.3 is 14.6 Å². The number of aromatic nitrogens is 2. The van der Waals surface area contributed by atoms with Gasteiger partial charge in [0, 0.05) is 6.61 Å². The third kappa shape index (κ3) is 2.42. The predicted octanol–water partition coefficient (Wildman–Crippen LogP) is 2.55. The minimum Gasteiger partial charge on any atom is -0.367 e. The van der Waals surface area contributed by atoms with Crippen LogP contribution in [0.3, 0.4) is 0 Å². The van der Waals surface area contributed by atoms with Gasteiger partial charge in [-0.3, -0.25) is 0 Å². The lowest BCUT2D eigenvalue weighted by molar-refractivity contribution is -0.0583. The van der Waals surface area contributed by atoms with Crippen molar-refractivity contribution in [3.8, 4) is 0 Å². The molecule has 1 N–H and O–H groups in total. The molecular weight excluding hydrogens is 230 g/mol. The fraction of sp³-hybridized carbons (Fsp3) is 0.846. The minimum absolute atomic E-state index is 0.222. The highest BCUT2D eigenvalue weighted by Crippen LogP contribution is 2.32. The van der Waals surface area contributed by atoms with Crippen LogP contribution in [0, 0.1) is 0 Å². The zero-order valence-electron chi connectivity index (χ0n) is 11.5. The Morgan fingerprint density at radius 1 is 1.39 bits per heavy atom. The minimum atomic E-state index is -0.394. The third-order valence-corrected chi connectivity index (χ3v) is 3.77. The summed E-state index contributed by atoms with van der Waals surface area (Å²) in [6.45, 7) is 7.89. The summed E-state index contributed by atoms with van der Waals surface area (Å²) in [5.74, 6) is 1.39. The Morgan fingerprint density at radius 3 is 2.72 bits per heavy atom. The monoisotopic (exact) mass is 253 g/mol. The van der Waals surface area contributed by atoms with Gasteiger partial charge in [-0.1, -0.05) is 19.0 Å². The van der Waals surface area contributed by atoms with E-state index in [1.54, 1.807) is 0 Å². The number of hydrogen-bond donors (Lipinski definition) is 1. The van der Waals surface area contributed by atoms with E-state index in [1.165, 1.54) is 6.42 Å². The summed E-state index contributed by atoms with van der Waals surface area (Å²) in [5, 5.41) is 7.51. The van der Waals surface area contributed by atoms with E-state index in [4.69, 9.17) is 9.26 Å². The van der Waals surface area contributed by atoms with Gasteiger partial charge in [-0.15, -0.1) is 0 Å². The van der Waals surface area contributed by atoms with Gasteiger partial charge in [0.1, 0.15) is 5.60 Å². The maximum Gasteiger partial charge on any atom is 0.243 e. The molecule has 2 rings (SSSR count). The lowest BCUT2D eigenvalue weighted by Crippen LogP contribution is -2.30. The Labute approximate surface area is 108 Å². The second-order valence-electron chi connectivity index (χ2n) is 4.74. The van der Waals surface area contributed by atoms with Gasteiger partial charge in [-0.25, -0.2) is 0 Å². The molecule has 1 atom stereocenters. The van der Waals surface area contributed by atoms with Crippen LogP contribution in [0.4, 0.5) is 0 Å². The van der Waals surface area contributed by atoms with Crippen molar-refractivity contribution in [2.45, 2.75) is 58.1 Å². The van der Waals surface area contributed by atoms with E-state index in [0.717, 1.165) is 25.8 Å². The van der Waals surface area contributed by atoms with Crippen molar-refractivity contribution in [3.05, 3.63) is 11.7 Å². The first-order chi connectivity index (χ1) is 8.75. The maximum absolute atomic E-state index is 5.88. The Bertz CT molecular complexity index is 368. The van der Waals surface area contributed by atoms with Crippen molar-refractivity contribution >= 4 is 0 Å². The zero-order valence-corrected chi connectivity index (χ0v) is 11.5. The molecule has 1 aliphatic heterocycles. The second-order valence-corrected chi connectivity index (χ2v) is 4.74. The Morgan fingerprint density at radius 2 is 2.17 bits per heavy atom. The maximum atomic E-state index is 5.88. The van der Waals surface area contributed by atoms with E-state index in [0.29, 0.717) is 18.3 Å². The molecule has 1 saturated heterocycles. The lowest BCUT2D eigenvalue weighted by atomic mass is 9.96. The lowest BCUT2D eigenvalue weighted by Gasteiger charge is -2.27. The summed E-state index contributed by atoms with van der Waals surface area (Å²) in [4.78, 5) is 4.56. The van der Waals surface area contributed by atoms with Gasteiger partial charge >= 0.3 is 0 Å². The first-order valence-electron chi connectivity index (χ1n) is 6.97. The van der Waals surface area contributed by atoms with E-state index < -0.39 is 5.60 Å². The summed E-state index contributed by atoms with van der Waals surface area (Å²) >= 11 is 0. The molecule has 0 amide bonds. The molecule has 102 valence electrons. The van der Waals surface area contributed by atoms with Crippen LogP contribution in [-0.4, -0.2) is 23.3 Å².